The van der Waals surface area contributed by atoms with Crippen molar-refractivity contribution in [2.24, 2.45) is 0 Å². The first-order chi connectivity index (χ1) is 12.2. The van der Waals surface area contributed by atoms with E-state index in [9.17, 15) is 4.79 Å². The van der Waals surface area contributed by atoms with E-state index in [2.05, 4.69) is 23.2 Å². The van der Waals surface area contributed by atoms with Gasteiger partial charge in [0, 0.05) is 30.8 Å². The van der Waals surface area contributed by atoms with E-state index in [0.717, 1.165) is 42.8 Å². The largest absolute Gasteiger partial charge is 0.483 e. The van der Waals surface area contributed by atoms with Gasteiger partial charge in [0.15, 0.2) is 0 Å². The second-order valence-electron chi connectivity index (χ2n) is 6.85. The topological polar surface area (TPSA) is 42.4 Å². The Morgan fingerprint density at radius 1 is 1.12 bits per heavy atom. The number of hydrogen-bond donors (Lipinski definition) is 0. The number of carbonyl (C=O) groups is 1. The lowest BCUT2D eigenvalue weighted by molar-refractivity contribution is 0.0724. The van der Waals surface area contributed by atoms with Gasteiger partial charge < -0.3 is 9.64 Å². The molecule has 25 heavy (non-hydrogen) atoms. The zero-order chi connectivity index (χ0) is 17.3. The fourth-order valence-corrected chi connectivity index (χ4v) is 3.63. The van der Waals surface area contributed by atoms with Gasteiger partial charge in [0.05, 0.1) is 0 Å². The molecule has 2 aliphatic heterocycles. The fraction of sp³-hybridized carbons (Fsp3) is 0.333. The van der Waals surface area contributed by atoms with Crippen LogP contribution in [0, 0.1) is 6.92 Å². The fourth-order valence-electron chi connectivity index (χ4n) is 3.63. The number of rotatable bonds is 1. The SMILES string of the molecule is Cc1cccc(C(=O)N2CCC[C@]3(C=Cc4ccccc4O3)CC2)n1. The van der Waals surface area contributed by atoms with Crippen LogP contribution in [-0.2, 0) is 0 Å². The Balaban J connectivity index is 1.51. The summed E-state index contributed by atoms with van der Waals surface area (Å²) >= 11 is 0. The van der Waals surface area contributed by atoms with Crippen LogP contribution in [0.4, 0.5) is 0 Å². The molecule has 2 aliphatic rings. The summed E-state index contributed by atoms with van der Waals surface area (Å²) in [5.74, 6) is 0.950. The summed E-state index contributed by atoms with van der Waals surface area (Å²) in [6.07, 6.45) is 6.97. The highest BCUT2D eigenvalue weighted by Crippen LogP contribution is 2.37. The molecule has 0 bridgehead atoms. The Kier molecular flexibility index (Phi) is 4.04. The molecule has 0 radical (unpaired) electrons. The standard InChI is InChI=1S/C21H22N2O2/c1-16-6-4-8-18(22-16)20(24)23-14-5-11-21(13-15-23)12-10-17-7-2-3-9-19(17)25-21/h2-4,6-10,12H,5,11,13-15H2,1H3/t21-/m0/s1. The maximum absolute atomic E-state index is 12.8. The monoisotopic (exact) mass is 334 g/mol. The van der Waals surface area contributed by atoms with Crippen LogP contribution in [0.25, 0.3) is 6.08 Å². The molecule has 4 heteroatoms. The Bertz CT molecular complexity index is 830. The van der Waals surface area contributed by atoms with Crippen LogP contribution in [-0.4, -0.2) is 34.5 Å². The van der Waals surface area contributed by atoms with E-state index in [1.165, 1.54) is 0 Å². The van der Waals surface area contributed by atoms with Gasteiger partial charge in [-0.2, -0.15) is 0 Å². The van der Waals surface area contributed by atoms with Crippen molar-refractivity contribution in [1.29, 1.82) is 0 Å². The molecule has 1 spiro atoms. The van der Waals surface area contributed by atoms with E-state index in [1.807, 2.05) is 42.2 Å². The summed E-state index contributed by atoms with van der Waals surface area (Å²) in [7, 11) is 0. The minimum Gasteiger partial charge on any atom is -0.483 e. The van der Waals surface area contributed by atoms with Gasteiger partial charge >= 0.3 is 0 Å². The van der Waals surface area contributed by atoms with Gasteiger partial charge in [-0.25, -0.2) is 4.98 Å². The molecule has 0 aliphatic carbocycles. The molecule has 4 nitrogen and oxygen atoms in total. The number of para-hydroxylation sites is 1. The molecule has 3 heterocycles. The number of aryl methyl sites for hydroxylation is 1. The van der Waals surface area contributed by atoms with Gasteiger partial charge in [0.25, 0.3) is 5.91 Å². The first-order valence-corrected chi connectivity index (χ1v) is 8.85. The zero-order valence-electron chi connectivity index (χ0n) is 14.4. The Hall–Kier alpha value is -2.62. The van der Waals surface area contributed by atoms with Crippen LogP contribution >= 0.6 is 0 Å². The molecule has 128 valence electrons. The third-order valence-corrected chi connectivity index (χ3v) is 5.03. The number of fused-ring (bicyclic) bond motifs is 1. The molecule has 1 atom stereocenters. The number of aromatic nitrogens is 1. The number of benzene rings is 1. The first kappa shape index (κ1) is 15.9. The predicted molar refractivity (Wildman–Crippen MR) is 97.6 cm³/mol. The van der Waals surface area contributed by atoms with Crippen LogP contribution < -0.4 is 4.74 Å². The number of ether oxygens (including phenoxy) is 1. The smallest absolute Gasteiger partial charge is 0.272 e. The minimum atomic E-state index is -0.302. The van der Waals surface area contributed by atoms with Gasteiger partial charge in [-0.1, -0.05) is 30.3 Å². The van der Waals surface area contributed by atoms with Crippen molar-refractivity contribution in [1.82, 2.24) is 9.88 Å². The summed E-state index contributed by atoms with van der Waals surface area (Å²) in [6.45, 7) is 3.34. The maximum Gasteiger partial charge on any atom is 0.272 e. The van der Waals surface area contributed by atoms with Crippen molar-refractivity contribution in [2.45, 2.75) is 31.8 Å². The quantitative estimate of drug-likeness (QED) is 0.795. The van der Waals surface area contributed by atoms with E-state index in [0.29, 0.717) is 12.2 Å². The van der Waals surface area contributed by atoms with Gasteiger partial charge in [0.1, 0.15) is 17.0 Å². The van der Waals surface area contributed by atoms with Gasteiger partial charge in [-0.3, -0.25) is 4.79 Å². The van der Waals surface area contributed by atoms with Crippen molar-refractivity contribution in [2.75, 3.05) is 13.1 Å². The van der Waals surface area contributed by atoms with Crippen molar-refractivity contribution in [3.63, 3.8) is 0 Å². The van der Waals surface area contributed by atoms with Crippen LogP contribution in [0.3, 0.4) is 0 Å². The molecule has 1 amide bonds. The highest BCUT2D eigenvalue weighted by molar-refractivity contribution is 5.92. The molecule has 1 saturated heterocycles. The van der Waals surface area contributed by atoms with Gasteiger partial charge in [-0.05, 0) is 44.0 Å². The Morgan fingerprint density at radius 2 is 2.00 bits per heavy atom. The maximum atomic E-state index is 12.8. The van der Waals surface area contributed by atoms with Crippen molar-refractivity contribution in [3.05, 3.63) is 65.5 Å². The van der Waals surface area contributed by atoms with E-state index < -0.39 is 0 Å². The molecular formula is C21H22N2O2. The van der Waals surface area contributed by atoms with E-state index >= 15 is 0 Å². The lowest BCUT2D eigenvalue weighted by Gasteiger charge is -2.34. The second kappa shape index (κ2) is 6.36. The number of likely N-dealkylation sites (tertiary alicyclic amines) is 1. The molecule has 2 aromatic rings. The molecule has 1 aromatic carbocycles. The van der Waals surface area contributed by atoms with Crippen molar-refractivity contribution < 1.29 is 9.53 Å². The Morgan fingerprint density at radius 3 is 2.88 bits per heavy atom. The third-order valence-electron chi connectivity index (χ3n) is 5.03. The molecular weight excluding hydrogens is 312 g/mol. The average Bonchev–Trinajstić information content (AvgIpc) is 2.84. The van der Waals surface area contributed by atoms with Crippen molar-refractivity contribution in [3.8, 4) is 5.75 Å². The number of amides is 1. The second-order valence-corrected chi connectivity index (χ2v) is 6.85. The number of pyridine rings is 1. The van der Waals surface area contributed by atoms with E-state index in [1.54, 1.807) is 6.07 Å². The van der Waals surface area contributed by atoms with Gasteiger partial charge in [-0.15, -0.1) is 0 Å². The highest BCUT2D eigenvalue weighted by atomic mass is 16.5. The molecule has 0 saturated carbocycles. The van der Waals surface area contributed by atoms with Crippen LogP contribution in [0.1, 0.15) is 41.0 Å². The first-order valence-electron chi connectivity index (χ1n) is 8.85. The van der Waals surface area contributed by atoms with Crippen LogP contribution in [0.5, 0.6) is 5.75 Å². The lowest BCUT2D eigenvalue weighted by Crippen LogP contribution is -2.38. The summed E-state index contributed by atoms with van der Waals surface area (Å²) < 4.78 is 6.35. The lowest BCUT2D eigenvalue weighted by atomic mass is 9.91. The van der Waals surface area contributed by atoms with E-state index in [4.69, 9.17) is 4.74 Å². The number of nitrogens with zero attached hydrogens (tertiary/aromatic N) is 2. The molecule has 0 unspecified atom stereocenters. The van der Waals surface area contributed by atoms with Crippen LogP contribution in [0.2, 0.25) is 0 Å². The summed E-state index contributed by atoms with van der Waals surface area (Å²) in [6, 6.07) is 13.7. The number of hydrogen-bond acceptors (Lipinski definition) is 3. The third kappa shape index (κ3) is 3.16. The molecule has 1 aromatic heterocycles. The average molecular weight is 334 g/mol. The summed E-state index contributed by atoms with van der Waals surface area (Å²) in [4.78, 5) is 19.1. The van der Waals surface area contributed by atoms with E-state index in [-0.39, 0.29) is 11.5 Å². The van der Waals surface area contributed by atoms with Crippen molar-refractivity contribution >= 4 is 12.0 Å². The number of carbonyl (C=O) groups excluding carboxylic acids is 1. The van der Waals surface area contributed by atoms with Crippen LogP contribution in [0.15, 0.2) is 48.5 Å². The Labute approximate surface area is 148 Å². The molecule has 4 rings (SSSR count). The summed E-state index contributed by atoms with van der Waals surface area (Å²) in [5.41, 5.74) is 2.21. The molecule has 0 N–H and O–H groups in total. The minimum absolute atomic E-state index is 0.0148. The normalized spacial score (nSPS) is 22.2. The highest BCUT2D eigenvalue weighted by Gasteiger charge is 2.36. The van der Waals surface area contributed by atoms with Gasteiger partial charge in [0.2, 0.25) is 0 Å². The predicted octanol–water partition coefficient (Wildman–Crippen LogP) is 3.86. The zero-order valence-corrected chi connectivity index (χ0v) is 14.4. The molecule has 1 fully saturated rings. The summed E-state index contributed by atoms with van der Waals surface area (Å²) in [5, 5.41) is 0.